The monoisotopic (exact) mass is 286 g/mol. The lowest BCUT2D eigenvalue weighted by atomic mass is 9.84. The zero-order valence-electron chi connectivity index (χ0n) is 13.0. The number of nitrogens with two attached hydrogens (primary N) is 1. The Morgan fingerprint density at radius 1 is 1.32 bits per heavy atom. The van der Waals surface area contributed by atoms with Crippen LogP contribution in [-0.4, -0.2) is 40.9 Å². The summed E-state index contributed by atoms with van der Waals surface area (Å²) in [6.45, 7) is 11.5. The van der Waals surface area contributed by atoms with E-state index in [2.05, 4.69) is 32.6 Å². The van der Waals surface area contributed by atoms with E-state index in [4.69, 9.17) is 5.73 Å². The van der Waals surface area contributed by atoms with Crippen molar-refractivity contribution < 1.29 is 4.79 Å². The Bertz CT molecular complexity index is 303. The second-order valence-electron chi connectivity index (χ2n) is 6.94. The van der Waals surface area contributed by atoms with Crippen LogP contribution in [0.1, 0.15) is 53.4 Å². The molecule has 0 unspecified atom stereocenters. The van der Waals surface area contributed by atoms with Crippen LogP contribution in [0.25, 0.3) is 0 Å². The summed E-state index contributed by atoms with van der Waals surface area (Å²) < 4.78 is 0.313. The van der Waals surface area contributed by atoms with Crippen molar-refractivity contribution in [1.29, 1.82) is 0 Å². The highest BCUT2D eigenvalue weighted by molar-refractivity contribution is 8.00. The molecule has 0 radical (unpaired) electrons. The molecule has 0 aliphatic carbocycles. The lowest BCUT2D eigenvalue weighted by Gasteiger charge is -2.26. The highest BCUT2D eigenvalue weighted by Crippen LogP contribution is 2.31. The molecule has 3 nitrogen and oxygen atoms in total. The fraction of sp³-hybridized carbons (Fsp3) is 0.933. The van der Waals surface area contributed by atoms with Crippen LogP contribution in [0, 0.1) is 5.41 Å². The van der Waals surface area contributed by atoms with E-state index < -0.39 is 0 Å². The maximum Gasteiger partial charge on any atom is 0.222 e. The van der Waals surface area contributed by atoms with Crippen LogP contribution in [0.3, 0.4) is 0 Å². The highest BCUT2D eigenvalue weighted by atomic mass is 32.2. The number of hydrogen-bond donors (Lipinski definition) is 1. The molecule has 0 aromatic carbocycles. The minimum Gasteiger partial charge on any atom is -0.342 e. The van der Waals surface area contributed by atoms with E-state index in [1.165, 1.54) is 0 Å². The summed E-state index contributed by atoms with van der Waals surface area (Å²) in [7, 11) is 0. The van der Waals surface area contributed by atoms with Gasteiger partial charge in [0.15, 0.2) is 0 Å². The fourth-order valence-corrected chi connectivity index (χ4v) is 3.49. The van der Waals surface area contributed by atoms with E-state index in [9.17, 15) is 4.79 Å². The molecule has 0 bridgehead atoms. The summed E-state index contributed by atoms with van der Waals surface area (Å²) in [5.74, 6) is 1.38. The van der Waals surface area contributed by atoms with Gasteiger partial charge in [0.2, 0.25) is 5.91 Å². The predicted molar refractivity (Wildman–Crippen MR) is 84.4 cm³/mol. The largest absolute Gasteiger partial charge is 0.342 e. The van der Waals surface area contributed by atoms with Crippen molar-refractivity contribution in [2.75, 3.05) is 25.4 Å². The average molecular weight is 286 g/mol. The van der Waals surface area contributed by atoms with Crippen molar-refractivity contribution in [2.24, 2.45) is 11.1 Å². The number of amides is 1. The summed E-state index contributed by atoms with van der Waals surface area (Å²) >= 11 is 1.98. The molecule has 112 valence electrons. The maximum atomic E-state index is 12.3. The van der Waals surface area contributed by atoms with Gasteiger partial charge in [-0.15, -0.1) is 0 Å². The summed E-state index contributed by atoms with van der Waals surface area (Å²) in [6.07, 6.45) is 3.69. The minimum atomic E-state index is 0.185. The van der Waals surface area contributed by atoms with Gasteiger partial charge >= 0.3 is 0 Å². The molecular formula is C15H30N2OS. The topological polar surface area (TPSA) is 46.3 Å². The number of carbonyl (C=O) groups is 1. The zero-order chi connectivity index (χ0) is 14.5. The van der Waals surface area contributed by atoms with E-state index in [-0.39, 0.29) is 5.41 Å². The van der Waals surface area contributed by atoms with Crippen LogP contribution in [0.5, 0.6) is 0 Å². The van der Waals surface area contributed by atoms with Crippen LogP contribution < -0.4 is 5.73 Å². The summed E-state index contributed by atoms with van der Waals surface area (Å²) in [5, 5.41) is 0. The smallest absolute Gasteiger partial charge is 0.222 e. The van der Waals surface area contributed by atoms with E-state index in [0.717, 1.165) is 38.1 Å². The van der Waals surface area contributed by atoms with Gasteiger partial charge in [0, 0.05) is 30.0 Å². The van der Waals surface area contributed by atoms with Crippen molar-refractivity contribution in [1.82, 2.24) is 4.90 Å². The standard InChI is InChI=1S/C15H30N2OS/c1-14(2,7-9-16)6-5-13(18)17-10-8-15(3,4)19-12-11-17/h5-12,16H2,1-4H3. The Balaban J connectivity index is 2.41. The Hall–Kier alpha value is -0.220. The normalized spacial score (nSPS) is 20.2. The fourth-order valence-electron chi connectivity index (χ4n) is 2.39. The molecule has 0 atom stereocenters. The quantitative estimate of drug-likeness (QED) is 0.845. The number of carbonyl (C=O) groups excluding carboxylic acids is 1. The molecule has 1 aliphatic heterocycles. The molecule has 2 N–H and O–H groups in total. The lowest BCUT2D eigenvalue weighted by Crippen LogP contribution is -2.34. The van der Waals surface area contributed by atoms with Crippen molar-refractivity contribution in [2.45, 2.75) is 58.1 Å². The third-order valence-corrected chi connectivity index (χ3v) is 5.40. The molecule has 0 aromatic rings. The SMILES string of the molecule is CC(C)(CCN)CCC(=O)N1CCSC(C)(C)CC1. The number of thioether (sulfide) groups is 1. The van der Waals surface area contributed by atoms with Crippen LogP contribution in [0.2, 0.25) is 0 Å². The van der Waals surface area contributed by atoms with Crippen LogP contribution in [-0.2, 0) is 4.79 Å². The maximum absolute atomic E-state index is 12.3. The van der Waals surface area contributed by atoms with E-state index in [0.29, 0.717) is 23.6 Å². The highest BCUT2D eigenvalue weighted by Gasteiger charge is 2.26. The molecular weight excluding hydrogens is 256 g/mol. The minimum absolute atomic E-state index is 0.185. The van der Waals surface area contributed by atoms with Crippen molar-refractivity contribution in [3.05, 3.63) is 0 Å². The molecule has 1 heterocycles. The lowest BCUT2D eigenvalue weighted by molar-refractivity contribution is -0.131. The molecule has 1 aliphatic rings. The third kappa shape index (κ3) is 6.17. The first kappa shape index (κ1) is 16.8. The number of rotatable bonds is 5. The van der Waals surface area contributed by atoms with Gasteiger partial charge in [0.1, 0.15) is 0 Å². The van der Waals surface area contributed by atoms with E-state index >= 15 is 0 Å². The van der Waals surface area contributed by atoms with Gasteiger partial charge < -0.3 is 10.6 Å². The van der Waals surface area contributed by atoms with Crippen molar-refractivity contribution >= 4 is 17.7 Å². The first-order valence-electron chi connectivity index (χ1n) is 7.38. The van der Waals surface area contributed by atoms with Gasteiger partial charge in [-0.1, -0.05) is 27.7 Å². The summed E-state index contributed by atoms with van der Waals surface area (Å²) in [4.78, 5) is 14.4. The van der Waals surface area contributed by atoms with Crippen LogP contribution in [0.15, 0.2) is 0 Å². The zero-order valence-corrected chi connectivity index (χ0v) is 13.8. The van der Waals surface area contributed by atoms with Gasteiger partial charge in [-0.05, 0) is 31.2 Å². The molecule has 1 saturated heterocycles. The first-order valence-corrected chi connectivity index (χ1v) is 8.36. The van der Waals surface area contributed by atoms with Crippen LogP contribution in [0.4, 0.5) is 0 Å². The van der Waals surface area contributed by atoms with E-state index in [1.54, 1.807) is 0 Å². The van der Waals surface area contributed by atoms with Gasteiger partial charge in [-0.2, -0.15) is 11.8 Å². The molecule has 1 rings (SSSR count). The molecule has 4 heteroatoms. The Morgan fingerprint density at radius 2 is 2.00 bits per heavy atom. The first-order chi connectivity index (χ1) is 8.76. The molecule has 0 aromatic heterocycles. The molecule has 1 fully saturated rings. The van der Waals surface area contributed by atoms with Crippen LogP contribution >= 0.6 is 11.8 Å². The predicted octanol–water partition coefficient (Wildman–Crippen LogP) is 2.89. The average Bonchev–Trinajstić information content (AvgIpc) is 2.47. The van der Waals surface area contributed by atoms with Gasteiger partial charge in [-0.3, -0.25) is 4.79 Å². The van der Waals surface area contributed by atoms with Gasteiger partial charge in [0.25, 0.3) is 0 Å². The van der Waals surface area contributed by atoms with E-state index in [1.807, 2.05) is 11.8 Å². The van der Waals surface area contributed by atoms with Crippen molar-refractivity contribution in [3.8, 4) is 0 Å². The second-order valence-corrected chi connectivity index (χ2v) is 8.74. The molecule has 0 spiro atoms. The molecule has 19 heavy (non-hydrogen) atoms. The summed E-state index contributed by atoms with van der Waals surface area (Å²) in [6, 6.07) is 0. The van der Waals surface area contributed by atoms with Gasteiger partial charge in [0.05, 0.1) is 0 Å². The molecule has 0 saturated carbocycles. The number of nitrogens with zero attached hydrogens (tertiary/aromatic N) is 1. The third-order valence-electron chi connectivity index (χ3n) is 4.03. The van der Waals surface area contributed by atoms with Crippen molar-refractivity contribution in [3.63, 3.8) is 0 Å². The summed E-state index contributed by atoms with van der Waals surface area (Å²) in [5.41, 5.74) is 5.80. The Labute approximate surface area is 122 Å². The van der Waals surface area contributed by atoms with Gasteiger partial charge in [-0.25, -0.2) is 0 Å². The second kappa shape index (κ2) is 6.98. The molecule has 1 amide bonds. The Morgan fingerprint density at radius 3 is 2.63 bits per heavy atom. The Kier molecular flexibility index (Phi) is 6.18. The number of hydrogen-bond acceptors (Lipinski definition) is 3.